The highest BCUT2D eigenvalue weighted by atomic mass is 32.1. The SMILES string of the molecule is Cc1ccc(NC(=O)CN(C)C(=O)Cn2cnc3scc(-c4ccc(C)s4)c3c2=O)cc1. The average molecular weight is 467 g/mol. The lowest BCUT2D eigenvalue weighted by Gasteiger charge is -2.17. The van der Waals surface area contributed by atoms with Crippen molar-refractivity contribution in [3.05, 3.63) is 68.9 Å². The Morgan fingerprint density at radius 1 is 1.12 bits per heavy atom. The molecule has 3 aromatic heterocycles. The van der Waals surface area contributed by atoms with Gasteiger partial charge in [-0.25, -0.2) is 4.98 Å². The van der Waals surface area contributed by atoms with Crippen LogP contribution in [0.3, 0.4) is 0 Å². The number of rotatable bonds is 6. The summed E-state index contributed by atoms with van der Waals surface area (Å²) in [5, 5.41) is 5.22. The largest absolute Gasteiger partial charge is 0.335 e. The van der Waals surface area contributed by atoms with Gasteiger partial charge in [0.05, 0.1) is 18.3 Å². The average Bonchev–Trinajstić information content (AvgIpc) is 3.38. The maximum Gasteiger partial charge on any atom is 0.263 e. The number of carbonyl (C=O) groups is 2. The summed E-state index contributed by atoms with van der Waals surface area (Å²) in [6.45, 7) is 3.68. The van der Waals surface area contributed by atoms with Crippen molar-refractivity contribution >= 4 is 50.4 Å². The zero-order chi connectivity index (χ0) is 22.8. The molecule has 1 aromatic carbocycles. The van der Waals surface area contributed by atoms with Gasteiger partial charge in [-0.3, -0.25) is 19.0 Å². The Morgan fingerprint density at radius 3 is 2.56 bits per heavy atom. The van der Waals surface area contributed by atoms with Gasteiger partial charge in [0.15, 0.2) is 0 Å². The Balaban J connectivity index is 1.48. The van der Waals surface area contributed by atoms with Gasteiger partial charge in [0.2, 0.25) is 11.8 Å². The van der Waals surface area contributed by atoms with Crippen LogP contribution in [-0.2, 0) is 16.1 Å². The van der Waals surface area contributed by atoms with Crippen LogP contribution in [0.4, 0.5) is 5.69 Å². The monoisotopic (exact) mass is 466 g/mol. The minimum atomic E-state index is -0.351. The molecule has 0 atom stereocenters. The van der Waals surface area contributed by atoms with E-state index < -0.39 is 0 Å². The van der Waals surface area contributed by atoms with E-state index in [1.165, 1.54) is 27.1 Å². The first-order valence-electron chi connectivity index (χ1n) is 9.96. The molecule has 0 radical (unpaired) electrons. The van der Waals surface area contributed by atoms with Crippen LogP contribution in [0.15, 0.2) is 52.9 Å². The molecule has 0 saturated carbocycles. The zero-order valence-electron chi connectivity index (χ0n) is 17.9. The van der Waals surface area contributed by atoms with Crippen LogP contribution in [0, 0.1) is 13.8 Å². The lowest BCUT2D eigenvalue weighted by Crippen LogP contribution is -2.38. The molecule has 0 saturated heterocycles. The van der Waals surface area contributed by atoms with Gasteiger partial charge in [0, 0.05) is 33.4 Å². The quantitative estimate of drug-likeness (QED) is 0.467. The van der Waals surface area contributed by atoms with Gasteiger partial charge in [0.25, 0.3) is 5.56 Å². The van der Waals surface area contributed by atoms with Crippen molar-refractivity contribution in [3.8, 4) is 10.4 Å². The smallest absolute Gasteiger partial charge is 0.263 e. The normalized spacial score (nSPS) is 11.0. The Kier molecular flexibility index (Phi) is 6.20. The second-order valence-corrected chi connectivity index (χ2v) is 9.73. The maximum absolute atomic E-state index is 13.1. The van der Waals surface area contributed by atoms with Crippen LogP contribution < -0.4 is 10.9 Å². The van der Waals surface area contributed by atoms with Crippen LogP contribution in [-0.4, -0.2) is 39.9 Å². The third-order valence-electron chi connectivity index (χ3n) is 5.01. The second-order valence-electron chi connectivity index (χ2n) is 7.58. The van der Waals surface area contributed by atoms with Crippen LogP contribution in [0.1, 0.15) is 10.4 Å². The number of anilines is 1. The fourth-order valence-electron chi connectivity index (χ4n) is 3.25. The van der Waals surface area contributed by atoms with Gasteiger partial charge in [-0.2, -0.15) is 0 Å². The number of thiophene rings is 2. The van der Waals surface area contributed by atoms with Crippen LogP contribution in [0.5, 0.6) is 0 Å². The van der Waals surface area contributed by atoms with Gasteiger partial charge >= 0.3 is 0 Å². The van der Waals surface area contributed by atoms with Crippen molar-refractivity contribution in [1.82, 2.24) is 14.5 Å². The van der Waals surface area contributed by atoms with Crippen molar-refractivity contribution in [1.29, 1.82) is 0 Å². The maximum atomic E-state index is 13.1. The summed E-state index contributed by atoms with van der Waals surface area (Å²) in [4.78, 5) is 46.6. The Bertz CT molecular complexity index is 1350. The molecule has 4 aromatic rings. The van der Waals surface area contributed by atoms with E-state index in [2.05, 4.69) is 10.3 Å². The summed E-state index contributed by atoms with van der Waals surface area (Å²) in [6, 6.07) is 11.4. The number of hydrogen-bond donors (Lipinski definition) is 1. The molecule has 0 aliphatic heterocycles. The lowest BCUT2D eigenvalue weighted by atomic mass is 10.2. The topological polar surface area (TPSA) is 84.3 Å². The van der Waals surface area contributed by atoms with Crippen LogP contribution in [0.2, 0.25) is 0 Å². The highest BCUT2D eigenvalue weighted by Crippen LogP contribution is 2.34. The molecular weight excluding hydrogens is 444 g/mol. The summed E-state index contributed by atoms with van der Waals surface area (Å²) in [5.41, 5.74) is 2.34. The fraction of sp³-hybridized carbons (Fsp3) is 0.217. The van der Waals surface area contributed by atoms with Crippen molar-refractivity contribution < 1.29 is 9.59 Å². The van der Waals surface area contributed by atoms with Crippen molar-refractivity contribution in [3.63, 3.8) is 0 Å². The highest BCUT2D eigenvalue weighted by Gasteiger charge is 2.18. The van der Waals surface area contributed by atoms with Gasteiger partial charge in [0.1, 0.15) is 11.4 Å². The number of likely N-dealkylation sites (N-methyl/N-ethyl adjacent to an activating group) is 1. The summed E-state index contributed by atoms with van der Waals surface area (Å²) >= 11 is 3.02. The van der Waals surface area contributed by atoms with E-state index in [-0.39, 0.29) is 30.5 Å². The number of nitrogens with one attached hydrogen (secondary N) is 1. The summed E-state index contributed by atoms with van der Waals surface area (Å²) < 4.78 is 1.30. The zero-order valence-corrected chi connectivity index (χ0v) is 19.5. The third kappa shape index (κ3) is 4.63. The number of fused-ring (bicyclic) bond motifs is 1. The molecule has 1 N–H and O–H groups in total. The first-order valence-corrected chi connectivity index (χ1v) is 11.7. The molecule has 0 aliphatic carbocycles. The number of aromatic nitrogens is 2. The summed E-state index contributed by atoms with van der Waals surface area (Å²) in [5.74, 6) is -0.658. The molecule has 0 bridgehead atoms. The standard InChI is InChI=1S/C23H22N4O3S2/c1-14-4-7-16(8-5-14)25-19(28)10-26(3)20(29)11-27-13-24-22-21(23(27)30)17(12-31-22)18-9-6-15(2)32-18/h4-9,12-13H,10-11H2,1-3H3,(H,25,28). The van der Waals surface area contributed by atoms with Crippen molar-refractivity contribution in [2.75, 3.05) is 18.9 Å². The minimum Gasteiger partial charge on any atom is -0.335 e. The van der Waals surface area contributed by atoms with Crippen molar-refractivity contribution in [2.45, 2.75) is 20.4 Å². The number of aryl methyl sites for hydroxylation is 2. The molecule has 3 heterocycles. The van der Waals surface area contributed by atoms with E-state index >= 15 is 0 Å². The van der Waals surface area contributed by atoms with Gasteiger partial charge in [-0.1, -0.05) is 17.7 Å². The lowest BCUT2D eigenvalue weighted by molar-refractivity contribution is -0.133. The number of benzene rings is 1. The Labute approximate surface area is 193 Å². The predicted octanol–water partition coefficient (Wildman–Crippen LogP) is 3.90. The molecule has 0 spiro atoms. The molecule has 2 amide bonds. The minimum absolute atomic E-state index is 0.116. The van der Waals surface area contributed by atoms with E-state index in [0.29, 0.717) is 15.9 Å². The number of hydrogen-bond acceptors (Lipinski definition) is 6. The molecule has 0 fully saturated rings. The Morgan fingerprint density at radius 2 is 1.88 bits per heavy atom. The summed E-state index contributed by atoms with van der Waals surface area (Å²) in [7, 11) is 1.54. The molecule has 32 heavy (non-hydrogen) atoms. The van der Waals surface area contributed by atoms with Crippen LogP contribution in [0.25, 0.3) is 20.7 Å². The molecule has 4 rings (SSSR count). The van der Waals surface area contributed by atoms with E-state index in [1.807, 2.05) is 55.6 Å². The summed E-state index contributed by atoms with van der Waals surface area (Å²) in [6.07, 6.45) is 1.39. The number of amides is 2. The molecule has 0 aliphatic rings. The molecule has 9 heteroatoms. The van der Waals surface area contributed by atoms with Gasteiger partial charge < -0.3 is 10.2 Å². The van der Waals surface area contributed by atoms with Gasteiger partial charge in [-0.05, 0) is 38.1 Å². The third-order valence-corrected chi connectivity index (χ3v) is 6.93. The first kappa shape index (κ1) is 21.9. The van der Waals surface area contributed by atoms with E-state index in [9.17, 15) is 14.4 Å². The number of carbonyl (C=O) groups excluding carboxylic acids is 2. The Hall–Kier alpha value is -3.30. The van der Waals surface area contributed by atoms with Crippen molar-refractivity contribution in [2.24, 2.45) is 0 Å². The second kappa shape index (κ2) is 9.05. The first-order chi connectivity index (χ1) is 15.3. The molecule has 7 nitrogen and oxygen atoms in total. The van der Waals surface area contributed by atoms with Crippen LogP contribution >= 0.6 is 22.7 Å². The van der Waals surface area contributed by atoms with E-state index in [4.69, 9.17) is 0 Å². The van der Waals surface area contributed by atoms with E-state index in [1.54, 1.807) is 18.4 Å². The highest BCUT2D eigenvalue weighted by molar-refractivity contribution is 7.19. The molecule has 164 valence electrons. The van der Waals surface area contributed by atoms with Gasteiger partial charge in [-0.15, -0.1) is 22.7 Å². The fourth-order valence-corrected chi connectivity index (χ4v) is 5.11. The molecule has 0 unspecified atom stereocenters. The molecular formula is C23H22N4O3S2. The van der Waals surface area contributed by atoms with E-state index in [0.717, 1.165) is 20.9 Å². The number of nitrogens with zero attached hydrogens (tertiary/aromatic N) is 3. The predicted molar refractivity (Wildman–Crippen MR) is 129 cm³/mol.